The van der Waals surface area contributed by atoms with Crippen LogP contribution >= 0.6 is 0 Å². The summed E-state index contributed by atoms with van der Waals surface area (Å²) in [5.74, 6) is -0.523. The first-order valence-corrected chi connectivity index (χ1v) is 5.56. The summed E-state index contributed by atoms with van der Waals surface area (Å²) < 4.78 is 10.5. The van der Waals surface area contributed by atoms with Gasteiger partial charge in [0.05, 0.1) is 6.42 Å². The van der Waals surface area contributed by atoms with Gasteiger partial charge in [0.1, 0.15) is 28.4 Å². The summed E-state index contributed by atoms with van der Waals surface area (Å²) in [6.07, 6.45) is 0.195. The van der Waals surface area contributed by atoms with Crippen LogP contribution in [0.25, 0.3) is 0 Å². The van der Waals surface area contributed by atoms with Gasteiger partial charge in [-0.3, -0.25) is 9.59 Å². The van der Waals surface area contributed by atoms with Gasteiger partial charge >= 0.3 is 5.97 Å². The molecule has 1 aromatic carbocycles. The zero-order valence-electron chi connectivity index (χ0n) is 10.4. The molecule has 5 heteroatoms. The first-order chi connectivity index (χ1) is 8.28. The smallest absolute Gasteiger partial charge is 0.308 e. The van der Waals surface area contributed by atoms with E-state index in [2.05, 4.69) is 0 Å². The number of benzene rings is 1. The fraction of sp³-hybridized carbons (Fsp3) is 0.385. The molecule has 0 atom stereocenters. The van der Waals surface area contributed by atoms with Gasteiger partial charge in [-0.1, -0.05) is 0 Å². The van der Waals surface area contributed by atoms with Crippen LogP contribution < -0.4 is 9.47 Å². The number of fused-ring (bicyclic) bond motifs is 1. The summed E-state index contributed by atoms with van der Waals surface area (Å²) in [6, 6.07) is 2.68. The number of phenolic OH excluding ortho intramolecular Hbond substituents is 1. The van der Waals surface area contributed by atoms with E-state index < -0.39 is 11.6 Å². The molecule has 0 saturated carbocycles. The molecule has 0 radical (unpaired) electrons. The Bertz CT molecular complexity index is 530. The van der Waals surface area contributed by atoms with Gasteiger partial charge in [0, 0.05) is 19.1 Å². The lowest BCUT2D eigenvalue weighted by Crippen LogP contribution is -2.35. The number of esters is 1. The van der Waals surface area contributed by atoms with Crippen LogP contribution in [0.3, 0.4) is 0 Å². The largest absolute Gasteiger partial charge is 0.507 e. The molecular weight excluding hydrogens is 236 g/mol. The number of Topliss-reactive ketones (excluding diaryl/α,β-unsaturated/α-hetero) is 1. The maximum absolute atomic E-state index is 11.9. The monoisotopic (exact) mass is 250 g/mol. The van der Waals surface area contributed by atoms with Crippen LogP contribution in [0, 0.1) is 0 Å². The number of hydrogen-bond acceptors (Lipinski definition) is 5. The number of rotatable bonds is 1. The molecule has 18 heavy (non-hydrogen) atoms. The predicted octanol–water partition coefficient (Wildman–Crippen LogP) is 2.06. The number of hydrogen-bond donors (Lipinski definition) is 1. The van der Waals surface area contributed by atoms with E-state index in [9.17, 15) is 14.7 Å². The first kappa shape index (κ1) is 12.4. The summed E-state index contributed by atoms with van der Waals surface area (Å²) in [7, 11) is 0. The predicted molar refractivity (Wildman–Crippen MR) is 63.1 cm³/mol. The highest BCUT2D eigenvalue weighted by Crippen LogP contribution is 2.40. The molecule has 96 valence electrons. The topological polar surface area (TPSA) is 72.8 Å². The number of ether oxygens (including phenoxy) is 2. The van der Waals surface area contributed by atoms with E-state index in [1.54, 1.807) is 13.8 Å². The average molecular weight is 250 g/mol. The molecule has 0 aromatic heterocycles. The van der Waals surface area contributed by atoms with E-state index in [4.69, 9.17) is 9.47 Å². The van der Waals surface area contributed by atoms with Crippen molar-refractivity contribution in [3.63, 3.8) is 0 Å². The fourth-order valence-electron chi connectivity index (χ4n) is 1.97. The molecule has 1 aliphatic heterocycles. The Labute approximate surface area is 104 Å². The molecule has 0 spiro atoms. The van der Waals surface area contributed by atoms with Crippen molar-refractivity contribution in [3.8, 4) is 17.2 Å². The van der Waals surface area contributed by atoms with Crippen LogP contribution in [0.2, 0.25) is 0 Å². The van der Waals surface area contributed by atoms with Crippen LogP contribution in [0.15, 0.2) is 12.1 Å². The number of aromatic hydroxyl groups is 1. The van der Waals surface area contributed by atoms with E-state index in [1.807, 2.05) is 0 Å². The Morgan fingerprint density at radius 1 is 1.44 bits per heavy atom. The van der Waals surface area contributed by atoms with E-state index in [0.717, 1.165) is 0 Å². The standard InChI is InChI=1S/C13H14O5/c1-7(14)17-8-4-9(15)12-10(16)6-13(2,3)18-11(12)5-8/h4-5,15H,6H2,1-3H3. The van der Waals surface area contributed by atoms with Gasteiger partial charge in [-0.15, -0.1) is 0 Å². The molecule has 1 heterocycles. The number of carbonyl (C=O) groups excluding carboxylic acids is 2. The van der Waals surface area contributed by atoms with Gasteiger partial charge in [-0.25, -0.2) is 0 Å². The van der Waals surface area contributed by atoms with Gasteiger partial charge in [-0.2, -0.15) is 0 Å². The molecule has 0 bridgehead atoms. The van der Waals surface area contributed by atoms with E-state index in [-0.39, 0.29) is 35.0 Å². The Kier molecular flexibility index (Phi) is 2.77. The van der Waals surface area contributed by atoms with E-state index in [0.29, 0.717) is 0 Å². The Hall–Kier alpha value is -2.04. The summed E-state index contributed by atoms with van der Waals surface area (Å²) in [5.41, 5.74) is -0.490. The quantitative estimate of drug-likeness (QED) is 0.610. The normalized spacial score (nSPS) is 16.7. The molecule has 5 nitrogen and oxygen atoms in total. The molecule has 0 saturated heterocycles. The first-order valence-electron chi connectivity index (χ1n) is 5.56. The number of phenols is 1. The molecule has 0 unspecified atom stereocenters. The Morgan fingerprint density at radius 2 is 2.11 bits per heavy atom. The minimum atomic E-state index is -0.634. The van der Waals surface area contributed by atoms with Crippen molar-refractivity contribution in [2.24, 2.45) is 0 Å². The molecule has 0 aliphatic carbocycles. The third-order valence-corrected chi connectivity index (χ3v) is 2.57. The highest BCUT2D eigenvalue weighted by molar-refractivity contribution is 6.03. The number of ketones is 1. The molecule has 0 fully saturated rings. The second-order valence-electron chi connectivity index (χ2n) is 4.87. The van der Waals surface area contributed by atoms with Crippen LogP contribution in [0.5, 0.6) is 17.2 Å². The summed E-state index contributed by atoms with van der Waals surface area (Å²) >= 11 is 0. The highest BCUT2D eigenvalue weighted by Gasteiger charge is 2.35. The molecular formula is C13H14O5. The van der Waals surface area contributed by atoms with Gasteiger partial charge in [0.25, 0.3) is 0 Å². The minimum absolute atomic E-state index is 0.144. The fourth-order valence-corrected chi connectivity index (χ4v) is 1.97. The molecule has 1 N–H and O–H groups in total. The summed E-state index contributed by atoms with van der Waals surface area (Å²) in [6.45, 7) is 4.82. The maximum Gasteiger partial charge on any atom is 0.308 e. The lowest BCUT2D eigenvalue weighted by Gasteiger charge is -2.31. The van der Waals surface area contributed by atoms with Crippen molar-refractivity contribution in [3.05, 3.63) is 17.7 Å². The SMILES string of the molecule is CC(=O)Oc1cc(O)c2c(c1)OC(C)(C)CC2=O. The Morgan fingerprint density at radius 3 is 2.72 bits per heavy atom. The van der Waals surface area contributed by atoms with Gasteiger partial charge < -0.3 is 14.6 Å². The Balaban J connectivity index is 2.49. The van der Waals surface area contributed by atoms with Crippen molar-refractivity contribution in [2.75, 3.05) is 0 Å². The van der Waals surface area contributed by atoms with E-state index in [1.165, 1.54) is 19.1 Å². The van der Waals surface area contributed by atoms with Crippen molar-refractivity contribution in [1.82, 2.24) is 0 Å². The van der Waals surface area contributed by atoms with Crippen LogP contribution in [0.1, 0.15) is 37.6 Å². The molecule has 1 aliphatic rings. The van der Waals surface area contributed by atoms with Crippen molar-refractivity contribution in [2.45, 2.75) is 32.8 Å². The van der Waals surface area contributed by atoms with Crippen LogP contribution in [0.4, 0.5) is 0 Å². The lowest BCUT2D eigenvalue weighted by molar-refractivity contribution is -0.131. The lowest BCUT2D eigenvalue weighted by atomic mass is 9.92. The number of carbonyl (C=O) groups is 2. The molecule has 0 amide bonds. The van der Waals surface area contributed by atoms with Crippen LogP contribution in [-0.2, 0) is 4.79 Å². The maximum atomic E-state index is 11.9. The van der Waals surface area contributed by atoms with Crippen molar-refractivity contribution >= 4 is 11.8 Å². The third kappa shape index (κ3) is 2.30. The summed E-state index contributed by atoms with van der Waals surface area (Å²) in [5, 5.41) is 9.80. The zero-order chi connectivity index (χ0) is 13.5. The second-order valence-corrected chi connectivity index (χ2v) is 4.87. The minimum Gasteiger partial charge on any atom is -0.507 e. The van der Waals surface area contributed by atoms with Gasteiger partial charge in [0.2, 0.25) is 0 Å². The van der Waals surface area contributed by atoms with Crippen molar-refractivity contribution in [1.29, 1.82) is 0 Å². The summed E-state index contributed by atoms with van der Waals surface area (Å²) in [4.78, 5) is 22.8. The van der Waals surface area contributed by atoms with Gasteiger partial charge in [0.15, 0.2) is 5.78 Å². The third-order valence-electron chi connectivity index (χ3n) is 2.57. The molecule has 1 aromatic rings. The van der Waals surface area contributed by atoms with Crippen LogP contribution in [-0.4, -0.2) is 22.5 Å². The molecule has 2 rings (SSSR count). The highest BCUT2D eigenvalue weighted by atomic mass is 16.5. The second kappa shape index (κ2) is 4.01. The van der Waals surface area contributed by atoms with E-state index >= 15 is 0 Å². The zero-order valence-corrected chi connectivity index (χ0v) is 10.4. The van der Waals surface area contributed by atoms with Gasteiger partial charge in [-0.05, 0) is 13.8 Å². The average Bonchev–Trinajstić information content (AvgIpc) is 2.11. The van der Waals surface area contributed by atoms with Crippen molar-refractivity contribution < 1.29 is 24.2 Å².